The number of fused-ring (bicyclic) bond motifs is 3. The summed E-state index contributed by atoms with van der Waals surface area (Å²) < 4.78 is 5.50. The van der Waals surface area contributed by atoms with Gasteiger partial charge in [-0.2, -0.15) is 10.4 Å². The number of morpholine rings is 1. The van der Waals surface area contributed by atoms with Crippen molar-refractivity contribution in [2.45, 2.75) is 63.7 Å². The summed E-state index contributed by atoms with van der Waals surface area (Å²) in [7, 11) is 0. The van der Waals surface area contributed by atoms with Crippen LogP contribution in [0.4, 0.5) is 17.5 Å². The van der Waals surface area contributed by atoms with Crippen molar-refractivity contribution in [1.82, 2.24) is 30.0 Å². The number of hydrogen-bond acceptors (Lipinski definition) is 9. The number of anilines is 3. The fourth-order valence-corrected chi connectivity index (χ4v) is 6.16. The van der Waals surface area contributed by atoms with Gasteiger partial charge in [-0.05, 0) is 44.7 Å². The number of aryl methyl sites for hydroxylation is 1. The zero-order valence-electron chi connectivity index (χ0n) is 21.4. The topological polar surface area (TPSA) is 118 Å². The van der Waals surface area contributed by atoms with Crippen molar-refractivity contribution in [3.63, 3.8) is 0 Å². The average molecular weight is 502 g/mol. The van der Waals surface area contributed by atoms with E-state index in [1.165, 1.54) is 12.8 Å². The SMILES string of the molecule is Cc1cc(Nc2cc3nc(CN4CCOCC4)ccc3c(NC3C[C@H]4CC[C@@H](C3)N4CCC#N)n2)n[nH]1. The van der Waals surface area contributed by atoms with E-state index in [0.717, 1.165) is 92.0 Å². The molecule has 0 aromatic carbocycles. The van der Waals surface area contributed by atoms with E-state index in [2.05, 4.69) is 48.8 Å². The summed E-state index contributed by atoms with van der Waals surface area (Å²) in [5, 5.41) is 24.6. The van der Waals surface area contributed by atoms with Crippen molar-refractivity contribution in [2.75, 3.05) is 43.5 Å². The molecule has 1 unspecified atom stereocenters. The second-order valence-corrected chi connectivity index (χ2v) is 10.5. The fraction of sp³-hybridized carbons (Fsp3) is 0.556. The highest BCUT2D eigenvalue weighted by Gasteiger charge is 2.40. The minimum Gasteiger partial charge on any atom is -0.379 e. The second kappa shape index (κ2) is 10.6. The Bertz CT molecular complexity index is 1260. The van der Waals surface area contributed by atoms with Crippen molar-refractivity contribution in [2.24, 2.45) is 0 Å². The molecule has 3 fully saturated rings. The average Bonchev–Trinajstić information content (AvgIpc) is 3.41. The molecule has 194 valence electrons. The van der Waals surface area contributed by atoms with Crippen LogP contribution >= 0.6 is 0 Å². The Morgan fingerprint density at radius 3 is 2.65 bits per heavy atom. The Morgan fingerprint density at radius 1 is 1.11 bits per heavy atom. The van der Waals surface area contributed by atoms with Crippen molar-refractivity contribution in [1.29, 1.82) is 5.26 Å². The molecule has 3 saturated heterocycles. The minimum atomic E-state index is 0.349. The van der Waals surface area contributed by atoms with Gasteiger partial charge in [0.2, 0.25) is 0 Å². The van der Waals surface area contributed by atoms with Crippen LogP contribution in [-0.4, -0.2) is 80.9 Å². The monoisotopic (exact) mass is 501 g/mol. The summed E-state index contributed by atoms with van der Waals surface area (Å²) in [5.74, 6) is 2.34. The number of aromatic amines is 1. The molecule has 3 N–H and O–H groups in total. The molecule has 3 aliphatic rings. The first-order valence-corrected chi connectivity index (χ1v) is 13.4. The third-order valence-electron chi connectivity index (χ3n) is 7.90. The first-order valence-electron chi connectivity index (χ1n) is 13.4. The van der Waals surface area contributed by atoms with Crippen molar-refractivity contribution in [3.05, 3.63) is 35.7 Å². The van der Waals surface area contributed by atoms with Crippen molar-refractivity contribution < 1.29 is 4.74 Å². The van der Waals surface area contributed by atoms with Crippen molar-refractivity contribution in [3.8, 4) is 6.07 Å². The molecule has 3 atom stereocenters. The maximum absolute atomic E-state index is 9.06. The van der Waals surface area contributed by atoms with Gasteiger partial charge in [0.05, 0.1) is 30.5 Å². The van der Waals surface area contributed by atoms with E-state index in [4.69, 9.17) is 20.0 Å². The highest BCUT2D eigenvalue weighted by atomic mass is 16.5. The maximum atomic E-state index is 9.06. The summed E-state index contributed by atoms with van der Waals surface area (Å²) in [6.45, 7) is 7.11. The van der Waals surface area contributed by atoms with E-state index < -0.39 is 0 Å². The number of H-pyrrole nitrogens is 1. The Kier molecular flexibility index (Phi) is 6.91. The van der Waals surface area contributed by atoms with Gasteiger partial charge in [-0.15, -0.1) is 0 Å². The lowest BCUT2D eigenvalue weighted by molar-refractivity contribution is 0.0337. The molecule has 3 aromatic rings. The zero-order chi connectivity index (χ0) is 25.2. The quantitative estimate of drug-likeness (QED) is 0.426. The Balaban J connectivity index is 1.26. The zero-order valence-corrected chi connectivity index (χ0v) is 21.4. The van der Waals surface area contributed by atoms with E-state index >= 15 is 0 Å². The molecule has 37 heavy (non-hydrogen) atoms. The van der Waals surface area contributed by atoms with Crippen LogP contribution in [0.2, 0.25) is 0 Å². The second-order valence-electron chi connectivity index (χ2n) is 10.5. The predicted molar refractivity (Wildman–Crippen MR) is 143 cm³/mol. The molecule has 0 saturated carbocycles. The van der Waals surface area contributed by atoms with E-state index in [1.807, 2.05) is 19.1 Å². The predicted octanol–water partition coefficient (Wildman–Crippen LogP) is 3.56. The number of piperidine rings is 1. The van der Waals surface area contributed by atoms with Gasteiger partial charge in [0, 0.05) is 73.9 Å². The lowest BCUT2D eigenvalue weighted by Gasteiger charge is -2.39. The van der Waals surface area contributed by atoms with Gasteiger partial charge in [-0.3, -0.25) is 19.9 Å². The van der Waals surface area contributed by atoms with Gasteiger partial charge in [-0.1, -0.05) is 0 Å². The van der Waals surface area contributed by atoms with Crippen LogP contribution < -0.4 is 10.6 Å². The number of ether oxygens (including phenoxy) is 1. The molecule has 3 aromatic heterocycles. The normalized spacial score (nSPS) is 24.3. The number of pyridine rings is 2. The first-order chi connectivity index (χ1) is 18.1. The first kappa shape index (κ1) is 24.1. The van der Waals surface area contributed by atoms with Crippen LogP contribution in [0.25, 0.3) is 10.9 Å². The number of rotatable bonds is 8. The minimum absolute atomic E-state index is 0.349. The summed E-state index contributed by atoms with van der Waals surface area (Å²) in [6.07, 6.45) is 5.19. The van der Waals surface area contributed by atoms with Crippen LogP contribution in [0.15, 0.2) is 24.3 Å². The van der Waals surface area contributed by atoms with Gasteiger partial charge < -0.3 is 15.4 Å². The number of nitrogens with one attached hydrogen (secondary N) is 3. The van der Waals surface area contributed by atoms with Gasteiger partial charge in [-0.25, -0.2) is 4.98 Å². The molecule has 0 spiro atoms. The van der Waals surface area contributed by atoms with Crippen LogP contribution in [0.3, 0.4) is 0 Å². The van der Waals surface area contributed by atoms with Gasteiger partial charge in [0.1, 0.15) is 11.6 Å². The van der Waals surface area contributed by atoms with E-state index in [9.17, 15) is 0 Å². The van der Waals surface area contributed by atoms with E-state index in [-0.39, 0.29) is 0 Å². The summed E-state index contributed by atoms with van der Waals surface area (Å²) >= 11 is 0. The Hall–Kier alpha value is -3.26. The molecular formula is C27H35N9O. The highest BCUT2D eigenvalue weighted by molar-refractivity contribution is 5.91. The van der Waals surface area contributed by atoms with Crippen LogP contribution in [0.1, 0.15) is 43.5 Å². The summed E-state index contributed by atoms with van der Waals surface area (Å²) in [6, 6.07) is 12.0. The molecular weight excluding hydrogens is 466 g/mol. The third kappa shape index (κ3) is 5.39. The maximum Gasteiger partial charge on any atom is 0.153 e. The van der Waals surface area contributed by atoms with Gasteiger partial charge in [0.15, 0.2) is 5.82 Å². The molecule has 6 heterocycles. The molecule has 3 aliphatic heterocycles. The van der Waals surface area contributed by atoms with Crippen LogP contribution in [0.5, 0.6) is 0 Å². The Morgan fingerprint density at radius 2 is 1.92 bits per heavy atom. The van der Waals surface area contributed by atoms with Crippen molar-refractivity contribution >= 4 is 28.4 Å². The standard InChI is InChI=1S/C27H35N9O/c1-18-13-26(34-33-18)31-25-16-24-23(6-3-19(29-24)17-35-9-11-37-12-10-35)27(32-25)30-20-14-21-4-5-22(15-20)36(21)8-2-7-28/h3,6,13,16,20-22H,2,4-5,8-12,14-15,17H2,1H3,(H3,30,31,32,33,34)/t20?,21-,22+. The molecule has 0 amide bonds. The van der Waals surface area contributed by atoms with E-state index in [1.54, 1.807) is 0 Å². The number of nitriles is 1. The van der Waals surface area contributed by atoms with Crippen LogP contribution in [0, 0.1) is 18.3 Å². The van der Waals surface area contributed by atoms with E-state index in [0.29, 0.717) is 24.5 Å². The fourth-order valence-electron chi connectivity index (χ4n) is 6.16. The molecule has 10 heteroatoms. The third-order valence-corrected chi connectivity index (χ3v) is 7.90. The summed E-state index contributed by atoms with van der Waals surface area (Å²) in [4.78, 5) is 15.0. The molecule has 6 rings (SSSR count). The number of nitrogens with zero attached hydrogens (tertiary/aromatic N) is 6. The molecule has 0 aliphatic carbocycles. The molecule has 2 bridgehead atoms. The largest absolute Gasteiger partial charge is 0.379 e. The lowest BCUT2D eigenvalue weighted by atomic mass is 9.97. The van der Waals surface area contributed by atoms with Gasteiger partial charge >= 0.3 is 0 Å². The van der Waals surface area contributed by atoms with Gasteiger partial charge in [0.25, 0.3) is 0 Å². The molecule has 10 nitrogen and oxygen atoms in total. The summed E-state index contributed by atoms with van der Waals surface area (Å²) in [5.41, 5.74) is 2.97. The number of aromatic nitrogens is 4. The Labute approximate surface area is 217 Å². The smallest absolute Gasteiger partial charge is 0.153 e. The number of hydrogen-bond donors (Lipinski definition) is 3. The van der Waals surface area contributed by atoms with Crippen LogP contribution in [-0.2, 0) is 11.3 Å². The lowest BCUT2D eigenvalue weighted by Crippen LogP contribution is -2.47. The highest BCUT2D eigenvalue weighted by Crippen LogP contribution is 2.37. The molecule has 0 radical (unpaired) electrons.